The van der Waals surface area contributed by atoms with Gasteiger partial charge in [-0.3, -0.25) is 4.79 Å². The van der Waals surface area contributed by atoms with E-state index in [0.717, 1.165) is 44.9 Å². The molecule has 2 N–H and O–H groups in total. The summed E-state index contributed by atoms with van der Waals surface area (Å²) in [5.74, 6) is 1.55. The summed E-state index contributed by atoms with van der Waals surface area (Å²) in [6, 6.07) is 13.7. The largest absolute Gasteiger partial charge is 0.497 e. The number of nitrogens with zero attached hydrogens (tertiary/aromatic N) is 1. The molecule has 4 rings (SSSR count). The smallest absolute Gasteiger partial charge is 0.226 e. The summed E-state index contributed by atoms with van der Waals surface area (Å²) in [5, 5.41) is 6.53. The number of fused-ring (bicyclic) bond motifs is 1. The highest BCUT2D eigenvalue weighted by molar-refractivity contribution is 7.14. The molecule has 0 bridgehead atoms. The van der Waals surface area contributed by atoms with Crippen molar-refractivity contribution in [1.29, 1.82) is 0 Å². The van der Waals surface area contributed by atoms with Crippen LogP contribution < -0.4 is 14.8 Å². The van der Waals surface area contributed by atoms with Crippen LogP contribution in [0.4, 0.5) is 5.13 Å². The van der Waals surface area contributed by atoms with Gasteiger partial charge in [0.25, 0.3) is 0 Å². The van der Waals surface area contributed by atoms with E-state index in [1.165, 1.54) is 11.3 Å². The van der Waals surface area contributed by atoms with Crippen molar-refractivity contribution in [3.05, 3.63) is 59.1 Å². The molecule has 0 fully saturated rings. The standard InChI is InChI=1S/C23H23N3O3S/c1-14-22(18-12-17(29-3)9-10-19(18)24-14)20-13-30-23(25-20)26-21(27)11-6-15-4-7-16(28-2)8-5-15/h4-5,7-10,12-13,24H,6,11H2,1-3H3,(H,25,26,27). The molecule has 6 nitrogen and oxygen atoms in total. The summed E-state index contributed by atoms with van der Waals surface area (Å²) < 4.78 is 10.5. The van der Waals surface area contributed by atoms with Gasteiger partial charge in [0.2, 0.25) is 5.91 Å². The van der Waals surface area contributed by atoms with Gasteiger partial charge in [-0.05, 0) is 49.2 Å². The quantitative estimate of drug-likeness (QED) is 0.431. The minimum atomic E-state index is -0.0518. The molecule has 0 saturated heterocycles. The van der Waals surface area contributed by atoms with Gasteiger partial charge in [-0.25, -0.2) is 4.98 Å². The number of benzene rings is 2. The molecule has 4 aromatic rings. The lowest BCUT2D eigenvalue weighted by molar-refractivity contribution is -0.116. The number of anilines is 1. The zero-order valence-corrected chi connectivity index (χ0v) is 17.9. The number of carbonyl (C=O) groups is 1. The summed E-state index contributed by atoms with van der Waals surface area (Å²) in [4.78, 5) is 20.4. The number of hydrogen-bond acceptors (Lipinski definition) is 5. The number of aryl methyl sites for hydroxylation is 2. The van der Waals surface area contributed by atoms with Crippen molar-refractivity contribution in [2.75, 3.05) is 19.5 Å². The number of thiazole rings is 1. The molecule has 0 aliphatic rings. The van der Waals surface area contributed by atoms with Crippen molar-refractivity contribution < 1.29 is 14.3 Å². The van der Waals surface area contributed by atoms with Crippen LogP contribution in [0.25, 0.3) is 22.2 Å². The van der Waals surface area contributed by atoms with Gasteiger partial charge in [0.15, 0.2) is 5.13 Å². The Morgan fingerprint density at radius 2 is 1.83 bits per heavy atom. The highest BCUT2D eigenvalue weighted by Crippen LogP contribution is 2.35. The summed E-state index contributed by atoms with van der Waals surface area (Å²) in [6.45, 7) is 2.02. The van der Waals surface area contributed by atoms with Crippen molar-refractivity contribution in [3.63, 3.8) is 0 Å². The lowest BCUT2D eigenvalue weighted by Crippen LogP contribution is -2.12. The summed E-state index contributed by atoms with van der Waals surface area (Å²) in [7, 11) is 3.29. The summed E-state index contributed by atoms with van der Waals surface area (Å²) in [5.41, 5.74) is 5.01. The molecule has 0 aliphatic carbocycles. The van der Waals surface area contributed by atoms with Crippen LogP contribution in [-0.2, 0) is 11.2 Å². The minimum absolute atomic E-state index is 0.0518. The average Bonchev–Trinajstić information content (AvgIpc) is 3.34. The molecule has 7 heteroatoms. The van der Waals surface area contributed by atoms with E-state index in [-0.39, 0.29) is 5.91 Å². The van der Waals surface area contributed by atoms with Gasteiger partial charge >= 0.3 is 0 Å². The Labute approximate surface area is 178 Å². The van der Waals surface area contributed by atoms with Crippen LogP contribution in [0.3, 0.4) is 0 Å². The van der Waals surface area contributed by atoms with E-state index in [4.69, 9.17) is 9.47 Å². The molecule has 0 aliphatic heterocycles. The van der Waals surface area contributed by atoms with E-state index in [2.05, 4.69) is 15.3 Å². The Morgan fingerprint density at radius 3 is 2.57 bits per heavy atom. The Morgan fingerprint density at radius 1 is 1.10 bits per heavy atom. The van der Waals surface area contributed by atoms with Crippen LogP contribution in [-0.4, -0.2) is 30.1 Å². The maximum absolute atomic E-state index is 12.4. The van der Waals surface area contributed by atoms with Crippen molar-refractivity contribution >= 4 is 33.3 Å². The van der Waals surface area contributed by atoms with Crippen LogP contribution in [0.15, 0.2) is 47.8 Å². The number of ether oxygens (including phenoxy) is 2. The third-order valence-corrected chi connectivity index (χ3v) is 5.76. The van der Waals surface area contributed by atoms with E-state index in [0.29, 0.717) is 18.0 Å². The zero-order chi connectivity index (χ0) is 21.1. The van der Waals surface area contributed by atoms with E-state index < -0.39 is 0 Å². The SMILES string of the molecule is COc1ccc(CCC(=O)Nc2nc(-c3c(C)[nH]c4ccc(OC)cc34)cs2)cc1. The minimum Gasteiger partial charge on any atom is -0.497 e. The number of methoxy groups -OCH3 is 2. The fraction of sp³-hybridized carbons (Fsp3) is 0.217. The van der Waals surface area contributed by atoms with Gasteiger partial charge in [0.05, 0.1) is 19.9 Å². The second-order valence-corrected chi connectivity index (χ2v) is 7.83. The fourth-order valence-corrected chi connectivity index (χ4v) is 4.16. The number of aromatic amines is 1. The molecule has 0 unspecified atom stereocenters. The monoisotopic (exact) mass is 421 g/mol. The third kappa shape index (κ3) is 4.16. The molecule has 154 valence electrons. The first-order valence-electron chi connectivity index (χ1n) is 9.62. The van der Waals surface area contributed by atoms with E-state index in [9.17, 15) is 4.79 Å². The Kier molecular flexibility index (Phi) is 5.72. The van der Waals surface area contributed by atoms with Crippen molar-refractivity contribution in [2.24, 2.45) is 0 Å². The molecule has 2 aromatic heterocycles. The molecule has 2 heterocycles. The highest BCUT2D eigenvalue weighted by Gasteiger charge is 2.15. The normalized spacial score (nSPS) is 10.9. The number of amides is 1. The first-order valence-corrected chi connectivity index (χ1v) is 10.5. The van der Waals surface area contributed by atoms with Gasteiger partial charge in [-0.2, -0.15) is 0 Å². The Hall–Kier alpha value is -3.32. The lowest BCUT2D eigenvalue weighted by atomic mass is 10.1. The molecule has 0 radical (unpaired) electrons. The molecular formula is C23H23N3O3S. The number of H-pyrrole nitrogens is 1. The summed E-state index contributed by atoms with van der Waals surface area (Å²) in [6.07, 6.45) is 1.06. The molecular weight excluding hydrogens is 398 g/mol. The topological polar surface area (TPSA) is 76.2 Å². The zero-order valence-electron chi connectivity index (χ0n) is 17.1. The van der Waals surface area contributed by atoms with Gasteiger partial charge in [0, 0.05) is 34.0 Å². The number of rotatable bonds is 7. The van der Waals surface area contributed by atoms with E-state index in [1.807, 2.05) is 54.8 Å². The number of nitrogens with one attached hydrogen (secondary N) is 2. The predicted octanol–water partition coefficient (Wildman–Crippen LogP) is 5.19. The number of aromatic nitrogens is 2. The molecule has 1 amide bonds. The van der Waals surface area contributed by atoms with Gasteiger partial charge in [0.1, 0.15) is 11.5 Å². The molecule has 0 saturated carbocycles. The second kappa shape index (κ2) is 8.59. The first kappa shape index (κ1) is 20.0. The number of carbonyl (C=O) groups excluding carboxylic acids is 1. The molecule has 2 aromatic carbocycles. The summed E-state index contributed by atoms with van der Waals surface area (Å²) >= 11 is 1.43. The van der Waals surface area contributed by atoms with Gasteiger partial charge in [-0.1, -0.05) is 12.1 Å². The maximum Gasteiger partial charge on any atom is 0.226 e. The molecule has 0 atom stereocenters. The Balaban J connectivity index is 1.45. The van der Waals surface area contributed by atoms with Crippen LogP contribution in [0.1, 0.15) is 17.7 Å². The fourth-order valence-electron chi connectivity index (χ4n) is 3.44. The average molecular weight is 422 g/mol. The predicted molar refractivity (Wildman–Crippen MR) is 121 cm³/mol. The highest BCUT2D eigenvalue weighted by atomic mass is 32.1. The van der Waals surface area contributed by atoms with Crippen LogP contribution in [0, 0.1) is 6.92 Å². The van der Waals surface area contributed by atoms with Crippen molar-refractivity contribution in [3.8, 4) is 22.8 Å². The van der Waals surface area contributed by atoms with E-state index in [1.54, 1.807) is 14.2 Å². The van der Waals surface area contributed by atoms with Crippen LogP contribution in [0.2, 0.25) is 0 Å². The van der Waals surface area contributed by atoms with E-state index >= 15 is 0 Å². The van der Waals surface area contributed by atoms with Crippen molar-refractivity contribution in [2.45, 2.75) is 19.8 Å². The second-order valence-electron chi connectivity index (χ2n) is 6.97. The molecule has 0 spiro atoms. The maximum atomic E-state index is 12.4. The van der Waals surface area contributed by atoms with Crippen molar-refractivity contribution in [1.82, 2.24) is 9.97 Å². The Bertz CT molecular complexity index is 1180. The first-order chi connectivity index (χ1) is 14.6. The third-order valence-electron chi connectivity index (χ3n) is 5.00. The van der Waals surface area contributed by atoms with Crippen LogP contribution in [0.5, 0.6) is 11.5 Å². The van der Waals surface area contributed by atoms with Crippen LogP contribution >= 0.6 is 11.3 Å². The molecule has 30 heavy (non-hydrogen) atoms. The van der Waals surface area contributed by atoms with Gasteiger partial charge in [-0.15, -0.1) is 11.3 Å². The van der Waals surface area contributed by atoms with Gasteiger partial charge < -0.3 is 19.8 Å². The lowest BCUT2D eigenvalue weighted by Gasteiger charge is -2.04. The number of hydrogen-bond donors (Lipinski definition) is 2.